The van der Waals surface area contributed by atoms with Crippen molar-refractivity contribution < 1.29 is 4.39 Å². The van der Waals surface area contributed by atoms with Gasteiger partial charge in [0.25, 0.3) is 0 Å². The summed E-state index contributed by atoms with van der Waals surface area (Å²) in [6.07, 6.45) is 1.15. The van der Waals surface area contributed by atoms with Crippen molar-refractivity contribution in [3.8, 4) is 6.07 Å². The van der Waals surface area contributed by atoms with Crippen molar-refractivity contribution in [2.45, 2.75) is 19.8 Å². The molecule has 0 bridgehead atoms. The minimum atomic E-state index is -0.226. The highest BCUT2D eigenvalue weighted by Gasteiger charge is 2.11. The Morgan fingerprint density at radius 2 is 2.19 bits per heavy atom. The van der Waals surface area contributed by atoms with E-state index in [9.17, 15) is 4.39 Å². The fourth-order valence-corrected chi connectivity index (χ4v) is 2.12. The molecule has 0 saturated carbocycles. The molecule has 82 valence electrons. The summed E-state index contributed by atoms with van der Waals surface area (Å²) < 4.78 is 15.2. The summed E-state index contributed by atoms with van der Waals surface area (Å²) >= 11 is 0. The third-order valence-electron chi connectivity index (χ3n) is 3.07. The van der Waals surface area contributed by atoms with Gasteiger partial charge in [0.15, 0.2) is 0 Å². The largest absolute Gasteiger partial charge is 0.348 e. The number of fused-ring (bicyclic) bond motifs is 1. The molecular weight excluding hydrogens is 203 g/mol. The molecule has 1 aromatic carbocycles. The van der Waals surface area contributed by atoms with Gasteiger partial charge in [0.2, 0.25) is 0 Å². The van der Waals surface area contributed by atoms with E-state index in [1.807, 2.05) is 18.5 Å². The van der Waals surface area contributed by atoms with Gasteiger partial charge >= 0.3 is 0 Å². The lowest BCUT2D eigenvalue weighted by molar-refractivity contribution is 0.629. The highest BCUT2D eigenvalue weighted by molar-refractivity contribution is 5.85. The highest BCUT2D eigenvalue weighted by Crippen LogP contribution is 2.26. The molecule has 3 heteroatoms. The van der Waals surface area contributed by atoms with Crippen molar-refractivity contribution in [2.75, 3.05) is 0 Å². The standard InChI is InChI=1S/C13H13FN2/c1-9-11(4-3-7-15)12-8-10(14)5-6-13(12)16(9)2/h5-6,8H,3-4H2,1-2H3. The van der Waals surface area contributed by atoms with Crippen molar-refractivity contribution in [1.29, 1.82) is 5.26 Å². The molecule has 0 saturated heterocycles. The molecule has 0 N–H and O–H groups in total. The Labute approximate surface area is 93.9 Å². The van der Waals surface area contributed by atoms with E-state index in [1.54, 1.807) is 12.1 Å². The quantitative estimate of drug-likeness (QED) is 0.758. The smallest absolute Gasteiger partial charge is 0.123 e. The first-order valence-electron chi connectivity index (χ1n) is 5.25. The van der Waals surface area contributed by atoms with Crippen molar-refractivity contribution >= 4 is 10.9 Å². The minimum absolute atomic E-state index is 0.226. The average Bonchev–Trinajstić information content (AvgIpc) is 2.50. The summed E-state index contributed by atoms with van der Waals surface area (Å²) in [5.41, 5.74) is 3.21. The molecule has 2 nitrogen and oxygen atoms in total. The molecule has 16 heavy (non-hydrogen) atoms. The van der Waals surface area contributed by atoms with E-state index in [0.717, 1.165) is 22.2 Å². The van der Waals surface area contributed by atoms with Crippen LogP contribution >= 0.6 is 0 Å². The molecule has 0 amide bonds. The molecule has 1 aromatic heterocycles. The molecule has 0 radical (unpaired) electrons. The number of aromatic nitrogens is 1. The third-order valence-corrected chi connectivity index (χ3v) is 3.07. The SMILES string of the molecule is Cc1c(CCC#N)c2cc(F)ccc2n1C. The van der Waals surface area contributed by atoms with Crippen LogP contribution in [0.15, 0.2) is 18.2 Å². The molecule has 0 aliphatic heterocycles. The second-order valence-electron chi connectivity index (χ2n) is 3.94. The van der Waals surface area contributed by atoms with E-state index < -0.39 is 0 Å². The molecule has 0 spiro atoms. The van der Waals surface area contributed by atoms with Gasteiger partial charge in [-0.05, 0) is 37.1 Å². The summed E-state index contributed by atoms with van der Waals surface area (Å²) in [7, 11) is 1.96. The predicted octanol–water partition coefficient (Wildman–Crippen LogP) is 3.08. The number of hydrogen-bond donors (Lipinski definition) is 0. The fraction of sp³-hybridized carbons (Fsp3) is 0.308. The molecule has 2 rings (SSSR count). The molecule has 0 aliphatic rings. The van der Waals surface area contributed by atoms with E-state index in [0.29, 0.717) is 12.8 Å². The molecule has 0 atom stereocenters. The maximum atomic E-state index is 13.2. The van der Waals surface area contributed by atoms with Crippen LogP contribution in [-0.4, -0.2) is 4.57 Å². The third kappa shape index (κ3) is 1.57. The minimum Gasteiger partial charge on any atom is -0.348 e. The van der Waals surface area contributed by atoms with Crippen LogP contribution < -0.4 is 0 Å². The maximum absolute atomic E-state index is 13.2. The molecule has 0 unspecified atom stereocenters. The van der Waals surface area contributed by atoms with Gasteiger partial charge in [-0.3, -0.25) is 0 Å². The molecule has 2 aromatic rings. The van der Waals surface area contributed by atoms with Gasteiger partial charge in [0.05, 0.1) is 6.07 Å². The van der Waals surface area contributed by atoms with E-state index in [1.165, 1.54) is 6.07 Å². The second-order valence-corrected chi connectivity index (χ2v) is 3.94. The number of aryl methyl sites for hydroxylation is 2. The van der Waals surface area contributed by atoms with Crippen molar-refractivity contribution in [3.63, 3.8) is 0 Å². The zero-order chi connectivity index (χ0) is 11.7. The van der Waals surface area contributed by atoms with Crippen LogP contribution in [0.2, 0.25) is 0 Å². The van der Waals surface area contributed by atoms with Crippen molar-refractivity contribution in [2.24, 2.45) is 7.05 Å². The Morgan fingerprint density at radius 3 is 2.88 bits per heavy atom. The normalized spacial score (nSPS) is 10.6. The van der Waals surface area contributed by atoms with Crippen LogP contribution in [0.3, 0.4) is 0 Å². The molecule has 0 fully saturated rings. The number of nitrogens with zero attached hydrogens (tertiary/aromatic N) is 2. The van der Waals surface area contributed by atoms with Crippen LogP contribution in [0.4, 0.5) is 4.39 Å². The van der Waals surface area contributed by atoms with Crippen LogP contribution in [0.25, 0.3) is 10.9 Å². The monoisotopic (exact) mass is 216 g/mol. The van der Waals surface area contributed by atoms with E-state index >= 15 is 0 Å². The van der Waals surface area contributed by atoms with Gasteiger partial charge in [0.1, 0.15) is 5.82 Å². The number of rotatable bonds is 2. The molecule has 1 heterocycles. The van der Waals surface area contributed by atoms with Gasteiger partial charge < -0.3 is 4.57 Å². The Bertz CT molecular complexity index is 576. The summed E-state index contributed by atoms with van der Waals surface area (Å²) in [6, 6.07) is 6.93. The number of benzene rings is 1. The zero-order valence-electron chi connectivity index (χ0n) is 9.42. The first-order chi connectivity index (χ1) is 7.65. The van der Waals surface area contributed by atoms with E-state index in [4.69, 9.17) is 5.26 Å². The highest BCUT2D eigenvalue weighted by atomic mass is 19.1. The van der Waals surface area contributed by atoms with Gasteiger partial charge in [-0.25, -0.2) is 4.39 Å². The fourth-order valence-electron chi connectivity index (χ4n) is 2.12. The van der Waals surface area contributed by atoms with Gasteiger partial charge in [-0.1, -0.05) is 0 Å². The maximum Gasteiger partial charge on any atom is 0.123 e. The zero-order valence-corrected chi connectivity index (χ0v) is 9.42. The Kier molecular flexibility index (Phi) is 2.66. The molecule has 0 aliphatic carbocycles. The van der Waals surface area contributed by atoms with Crippen LogP contribution in [0.1, 0.15) is 17.7 Å². The predicted molar refractivity (Wildman–Crippen MR) is 61.5 cm³/mol. The summed E-state index contributed by atoms with van der Waals surface area (Å²) in [5, 5.41) is 9.55. The Hall–Kier alpha value is -1.82. The van der Waals surface area contributed by atoms with Crippen LogP contribution in [0.5, 0.6) is 0 Å². The molecular formula is C13H13FN2. The topological polar surface area (TPSA) is 28.7 Å². The van der Waals surface area contributed by atoms with Gasteiger partial charge in [0, 0.05) is 30.1 Å². The first kappa shape index (κ1) is 10.7. The van der Waals surface area contributed by atoms with Crippen LogP contribution in [0, 0.1) is 24.1 Å². The lowest BCUT2D eigenvalue weighted by Gasteiger charge is -1.98. The van der Waals surface area contributed by atoms with E-state index in [-0.39, 0.29) is 5.82 Å². The van der Waals surface area contributed by atoms with Gasteiger partial charge in [-0.15, -0.1) is 0 Å². The number of nitriles is 1. The number of hydrogen-bond acceptors (Lipinski definition) is 1. The lowest BCUT2D eigenvalue weighted by Crippen LogP contribution is -1.92. The lowest BCUT2D eigenvalue weighted by atomic mass is 10.1. The average molecular weight is 216 g/mol. The summed E-state index contributed by atoms with van der Waals surface area (Å²) in [4.78, 5) is 0. The van der Waals surface area contributed by atoms with E-state index in [2.05, 4.69) is 6.07 Å². The van der Waals surface area contributed by atoms with Crippen molar-refractivity contribution in [3.05, 3.63) is 35.3 Å². The number of halogens is 1. The summed E-state index contributed by atoms with van der Waals surface area (Å²) in [5.74, 6) is -0.226. The Balaban J connectivity index is 2.66. The van der Waals surface area contributed by atoms with Crippen LogP contribution in [-0.2, 0) is 13.5 Å². The summed E-state index contributed by atoms with van der Waals surface area (Å²) in [6.45, 7) is 2.00. The van der Waals surface area contributed by atoms with Crippen molar-refractivity contribution in [1.82, 2.24) is 4.57 Å². The first-order valence-corrected chi connectivity index (χ1v) is 5.25. The second kappa shape index (κ2) is 3.97. The van der Waals surface area contributed by atoms with Gasteiger partial charge in [-0.2, -0.15) is 5.26 Å². The Morgan fingerprint density at radius 1 is 1.44 bits per heavy atom.